The summed E-state index contributed by atoms with van der Waals surface area (Å²) in [6.45, 7) is 0. The van der Waals surface area contributed by atoms with Crippen molar-refractivity contribution in [2.45, 2.75) is 10.8 Å². The van der Waals surface area contributed by atoms with Crippen molar-refractivity contribution in [2.75, 3.05) is 5.73 Å². The average molecular weight is 206 g/mol. The van der Waals surface area contributed by atoms with Crippen molar-refractivity contribution >= 4 is 17.6 Å². The van der Waals surface area contributed by atoms with Crippen molar-refractivity contribution in [1.82, 2.24) is 14.8 Å². The molecule has 0 unspecified atom stereocenters. The van der Waals surface area contributed by atoms with E-state index in [0.717, 1.165) is 10.8 Å². The summed E-state index contributed by atoms with van der Waals surface area (Å²) in [4.78, 5) is 5.10. The number of aromatic nitrogens is 3. The summed E-state index contributed by atoms with van der Waals surface area (Å²) in [7, 11) is 0. The van der Waals surface area contributed by atoms with Crippen molar-refractivity contribution in [3.63, 3.8) is 0 Å². The second-order valence-electron chi connectivity index (χ2n) is 2.74. The first-order valence-corrected chi connectivity index (χ1v) is 5.15. The molecule has 2 aromatic rings. The van der Waals surface area contributed by atoms with Gasteiger partial charge in [-0.2, -0.15) is 5.10 Å². The minimum atomic E-state index is 0.549. The second kappa shape index (κ2) is 4.15. The van der Waals surface area contributed by atoms with Gasteiger partial charge in [-0.3, -0.25) is 4.68 Å². The molecule has 0 bridgehead atoms. The Balaban J connectivity index is 1.95. The highest BCUT2D eigenvalue weighted by Crippen LogP contribution is 2.18. The van der Waals surface area contributed by atoms with Gasteiger partial charge < -0.3 is 5.73 Å². The standard InChI is InChI=1S/C9H10N4S/c10-9-3-2-8(6-11-9)14-7-13-5-1-4-12-13/h1-6H,7H2,(H2,10,11). The average Bonchev–Trinajstić information content (AvgIpc) is 2.70. The molecule has 0 aliphatic heterocycles. The van der Waals surface area contributed by atoms with Crippen LogP contribution < -0.4 is 5.73 Å². The maximum atomic E-state index is 5.48. The van der Waals surface area contributed by atoms with Gasteiger partial charge in [-0.25, -0.2) is 4.98 Å². The summed E-state index contributed by atoms with van der Waals surface area (Å²) in [5.41, 5.74) is 5.48. The first-order valence-electron chi connectivity index (χ1n) is 4.16. The van der Waals surface area contributed by atoms with Crippen LogP contribution in [0.1, 0.15) is 0 Å². The van der Waals surface area contributed by atoms with E-state index in [4.69, 9.17) is 5.73 Å². The van der Waals surface area contributed by atoms with Crippen LogP contribution in [0.15, 0.2) is 41.7 Å². The number of rotatable bonds is 3. The predicted octanol–water partition coefficient (Wildman–Crippen LogP) is 1.61. The van der Waals surface area contributed by atoms with E-state index < -0.39 is 0 Å². The van der Waals surface area contributed by atoms with E-state index in [1.807, 2.05) is 23.0 Å². The van der Waals surface area contributed by atoms with Crippen LogP contribution in [0.5, 0.6) is 0 Å². The van der Waals surface area contributed by atoms with Gasteiger partial charge in [0.2, 0.25) is 0 Å². The Bertz CT molecular complexity index is 382. The van der Waals surface area contributed by atoms with Crippen LogP contribution >= 0.6 is 11.8 Å². The van der Waals surface area contributed by atoms with Crippen molar-refractivity contribution in [2.24, 2.45) is 0 Å². The molecule has 4 nitrogen and oxygen atoms in total. The summed E-state index contributed by atoms with van der Waals surface area (Å²) in [5.74, 6) is 1.34. The molecule has 0 aromatic carbocycles. The largest absolute Gasteiger partial charge is 0.384 e. The van der Waals surface area contributed by atoms with Gasteiger partial charge in [0.05, 0.1) is 5.88 Å². The molecule has 2 aromatic heterocycles. The molecular weight excluding hydrogens is 196 g/mol. The molecular formula is C9H10N4S. The smallest absolute Gasteiger partial charge is 0.123 e. The Morgan fingerprint density at radius 2 is 2.36 bits per heavy atom. The highest BCUT2D eigenvalue weighted by molar-refractivity contribution is 7.98. The van der Waals surface area contributed by atoms with E-state index in [9.17, 15) is 0 Å². The fraction of sp³-hybridized carbons (Fsp3) is 0.111. The van der Waals surface area contributed by atoms with Crippen LogP contribution in [0.2, 0.25) is 0 Å². The zero-order valence-electron chi connectivity index (χ0n) is 7.50. The third-order valence-corrected chi connectivity index (χ3v) is 2.65. The number of nitrogens with zero attached hydrogens (tertiary/aromatic N) is 3. The Hall–Kier alpha value is -1.49. The van der Waals surface area contributed by atoms with Crippen LogP contribution in [-0.2, 0) is 5.88 Å². The van der Waals surface area contributed by atoms with E-state index >= 15 is 0 Å². The fourth-order valence-corrected chi connectivity index (χ4v) is 1.72. The van der Waals surface area contributed by atoms with Crippen molar-refractivity contribution in [3.05, 3.63) is 36.8 Å². The molecule has 0 aliphatic rings. The van der Waals surface area contributed by atoms with Gasteiger partial charge in [-0.15, -0.1) is 11.8 Å². The Kier molecular flexibility index (Phi) is 2.69. The lowest BCUT2D eigenvalue weighted by molar-refractivity contribution is 0.750. The molecule has 0 atom stereocenters. The third kappa shape index (κ3) is 2.26. The van der Waals surface area contributed by atoms with Gasteiger partial charge in [-0.1, -0.05) is 0 Å². The van der Waals surface area contributed by atoms with Crippen LogP contribution in [0.3, 0.4) is 0 Å². The highest BCUT2D eigenvalue weighted by atomic mass is 32.2. The summed E-state index contributed by atoms with van der Waals surface area (Å²) < 4.78 is 1.86. The number of pyridine rings is 1. The van der Waals surface area contributed by atoms with Crippen LogP contribution in [0.25, 0.3) is 0 Å². The van der Waals surface area contributed by atoms with Gasteiger partial charge in [0.15, 0.2) is 0 Å². The summed E-state index contributed by atoms with van der Waals surface area (Å²) in [6.07, 6.45) is 5.46. The van der Waals surface area contributed by atoms with E-state index in [1.54, 1.807) is 30.2 Å². The van der Waals surface area contributed by atoms with Gasteiger partial charge in [0, 0.05) is 23.5 Å². The molecule has 2 N–H and O–H groups in total. The zero-order chi connectivity index (χ0) is 9.80. The number of hydrogen-bond donors (Lipinski definition) is 1. The second-order valence-corrected chi connectivity index (χ2v) is 3.76. The predicted molar refractivity (Wildman–Crippen MR) is 56.7 cm³/mol. The maximum Gasteiger partial charge on any atom is 0.123 e. The van der Waals surface area contributed by atoms with Gasteiger partial charge in [0.1, 0.15) is 5.82 Å². The van der Waals surface area contributed by atoms with Crippen molar-refractivity contribution in [3.8, 4) is 0 Å². The van der Waals surface area contributed by atoms with Gasteiger partial charge >= 0.3 is 0 Å². The van der Waals surface area contributed by atoms with Gasteiger partial charge in [0.25, 0.3) is 0 Å². The lowest BCUT2D eigenvalue weighted by atomic mass is 10.5. The van der Waals surface area contributed by atoms with Crippen LogP contribution in [0.4, 0.5) is 5.82 Å². The lowest BCUT2D eigenvalue weighted by Gasteiger charge is -2.01. The molecule has 0 aliphatic carbocycles. The lowest BCUT2D eigenvalue weighted by Crippen LogP contribution is -1.94. The highest BCUT2D eigenvalue weighted by Gasteiger charge is 1.95. The number of anilines is 1. The number of nitrogen functional groups attached to an aromatic ring is 1. The molecule has 0 radical (unpaired) electrons. The summed E-state index contributed by atoms with van der Waals surface area (Å²) in [6, 6.07) is 5.66. The molecule has 2 heterocycles. The SMILES string of the molecule is Nc1ccc(SCn2cccn2)cn1. The number of nitrogens with two attached hydrogens (primary N) is 1. The minimum Gasteiger partial charge on any atom is -0.384 e. The zero-order valence-corrected chi connectivity index (χ0v) is 8.31. The topological polar surface area (TPSA) is 56.7 Å². The van der Waals surface area contributed by atoms with Crippen LogP contribution in [-0.4, -0.2) is 14.8 Å². The monoisotopic (exact) mass is 206 g/mol. The molecule has 72 valence electrons. The number of thioether (sulfide) groups is 1. The molecule has 0 fully saturated rings. The van der Waals surface area contributed by atoms with Crippen LogP contribution in [0, 0.1) is 0 Å². The van der Waals surface area contributed by atoms with E-state index in [2.05, 4.69) is 10.1 Å². The Morgan fingerprint density at radius 1 is 1.43 bits per heavy atom. The molecule has 2 rings (SSSR count). The van der Waals surface area contributed by atoms with E-state index in [-0.39, 0.29) is 0 Å². The maximum absolute atomic E-state index is 5.48. The minimum absolute atomic E-state index is 0.549. The molecule has 0 amide bonds. The molecule has 14 heavy (non-hydrogen) atoms. The van der Waals surface area contributed by atoms with Gasteiger partial charge in [-0.05, 0) is 18.2 Å². The number of hydrogen-bond acceptors (Lipinski definition) is 4. The molecule has 0 spiro atoms. The molecule has 5 heteroatoms. The van der Waals surface area contributed by atoms with Crippen molar-refractivity contribution < 1.29 is 0 Å². The third-order valence-electron chi connectivity index (χ3n) is 1.68. The quantitative estimate of drug-likeness (QED) is 0.775. The molecule has 0 saturated carbocycles. The summed E-state index contributed by atoms with van der Waals surface area (Å²) in [5, 5.41) is 4.10. The molecule has 0 saturated heterocycles. The van der Waals surface area contributed by atoms with Crippen molar-refractivity contribution in [1.29, 1.82) is 0 Å². The first kappa shape index (κ1) is 9.08. The first-order chi connectivity index (χ1) is 6.84. The van der Waals surface area contributed by atoms with E-state index in [1.165, 1.54) is 0 Å². The normalized spacial score (nSPS) is 10.3. The summed E-state index contributed by atoms with van der Waals surface area (Å²) >= 11 is 1.67. The van der Waals surface area contributed by atoms with E-state index in [0.29, 0.717) is 5.82 Å². The fourth-order valence-electron chi connectivity index (χ4n) is 0.995. The Morgan fingerprint density at radius 3 is 3.00 bits per heavy atom. The Labute approximate surface area is 86.1 Å².